The summed E-state index contributed by atoms with van der Waals surface area (Å²) in [5.41, 5.74) is 4.85. The molecular weight excluding hydrogens is 357 g/mol. The second-order valence-corrected chi connectivity index (χ2v) is 7.72. The lowest BCUT2D eigenvalue weighted by molar-refractivity contribution is -0.117. The fourth-order valence-electron chi connectivity index (χ4n) is 4.60. The number of aryl methyl sites for hydroxylation is 1. The fraction of sp³-hybridized carbons (Fsp3) is 0.364. The van der Waals surface area contributed by atoms with Crippen molar-refractivity contribution in [2.45, 2.75) is 19.3 Å². The van der Waals surface area contributed by atoms with Gasteiger partial charge in [-0.15, -0.1) is 0 Å². The highest BCUT2D eigenvalue weighted by Gasteiger charge is 2.33. The number of piperazine rings is 1. The van der Waals surface area contributed by atoms with Crippen molar-refractivity contribution in [2.75, 3.05) is 42.5 Å². The molecule has 28 heavy (non-hydrogen) atoms. The van der Waals surface area contributed by atoms with Gasteiger partial charge in [-0.05, 0) is 60.4 Å². The van der Waals surface area contributed by atoms with Gasteiger partial charge in [0.1, 0.15) is 5.82 Å². The Labute approximate surface area is 163 Å². The van der Waals surface area contributed by atoms with E-state index in [0.717, 1.165) is 55.0 Å². The van der Waals surface area contributed by atoms with Crippen LogP contribution in [0.4, 0.5) is 15.8 Å². The Morgan fingerprint density at radius 1 is 0.929 bits per heavy atom. The van der Waals surface area contributed by atoms with Gasteiger partial charge in [-0.25, -0.2) is 4.39 Å². The second kappa shape index (κ2) is 6.62. The van der Waals surface area contributed by atoms with Crippen LogP contribution in [0.15, 0.2) is 36.4 Å². The largest absolute Gasteiger partial charge is 0.368 e. The smallest absolute Gasteiger partial charge is 0.253 e. The first-order valence-electron chi connectivity index (χ1n) is 9.86. The molecule has 144 valence electrons. The van der Waals surface area contributed by atoms with E-state index in [1.807, 2.05) is 21.9 Å². The van der Waals surface area contributed by atoms with E-state index in [9.17, 15) is 14.0 Å². The number of anilines is 2. The number of nitrogens with zero attached hydrogens (tertiary/aromatic N) is 3. The van der Waals surface area contributed by atoms with E-state index >= 15 is 0 Å². The zero-order chi connectivity index (χ0) is 19.3. The first-order chi connectivity index (χ1) is 13.6. The van der Waals surface area contributed by atoms with Crippen molar-refractivity contribution < 1.29 is 14.0 Å². The highest BCUT2D eigenvalue weighted by molar-refractivity contribution is 6.04. The summed E-state index contributed by atoms with van der Waals surface area (Å²) in [7, 11) is 0. The highest BCUT2D eigenvalue weighted by atomic mass is 19.1. The Balaban J connectivity index is 1.32. The molecule has 2 aromatic carbocycles. The number of amides is 2. The van der Waals surface area contributed by atoms with Crippen LogP contribution in [0.3, 0.4) is 0 Å². The molecule has 3 heterocycles. The van der Waals surface area contributed by atoms with Crippen molar-refractivity contribution >= 4 is 23.2 Å². The van der Waals surface area contributed by atoms with E-state index in [1.54, 1.807) is 12.1 Å². The van der Waals surface area contributed by atoms with Gasteiger partial charge in [-0.2, -0.15) is 0 Å². The SMILES string of the molecule is O=C(c1cc2c3c(c1)CC(=O)N3CCC2)N1CCN(c2ccc(F)cc2)CC1. The van der Waals surface area contributed by atoms with E-state index in [1.165, 1.54) is 12.1 Å². The molecule has 6 heteroatoms. The van der Waals surface area contributed by atoms with Crippen LogP contribution >= 0.6 is 0 Å². The summed E-state index contributed by atoms with van der Waals surface area (Å²) in [6, 6.07) is 10.4. The summed E-state index contributed by atoms with van der Waals surface area (Å²) in [5, 5.41) is 0. The monoisotopic (exact) mass is 379 g/mol. The highest BCUT2D eigenvalue weighted by Crippen LogP contribution is 2.37. The van der Waals surface area contributed by atoms with E-state index in [-0.39, 0.29) is 17.6 Å². The van der Waals surface area contributed by atoms with E-state index in [4.69, 9.17) is 0 Å². The summed E-state index contributed by atoms with van der Waals surface area (Å²) < 4.78 is 13.1. The minimum atomic E-state index is -0.241. The lowest BCUT2D eigenvalue weighted by Gasteiger charge is -2.36. The Morgan fingerprint density at radius 2 is 1.64 bits per heavy atom. The Kier molecular flexibility index (Phi) is 4.07. The molecule has 2 amide bonds. The van der Waals surface area contributed by atoms with E-state index in [2.05, 4.69) is 4.90 Å². The standard InChI is InChI=1S/C22H22FN3O2/c23-18-3-5-19(6-4-18)24-8-10-25(11-9-24)22(28)17-12-15-2-1-7-26-20(27)14-16(13-17)21(15)26/h3-6,12-13H,1-2,7-11,14H2. The van der Waals surface area contributed by atoms with Gasteiger partial charge in [0, 0.05) is 44.0 Å². The number of hydrogen-bond acceptors (Lipinski definition) is 3. The van der Waals surface area contributed by atoms with Gasteiger partial charge in [0.05, 0.1) is 12.1 Å². The second-order valence-electron chi connectivity index (χ2n) is 7.72. The molecule has 5 rings (SSSR count). The average molecular weight is 379 g/mol. The zero-order valence-corrected chi connectivity index (χ0v) is 15.7. The Bertz CT molecular complexity index is 949. The molecule has 0 unspecified atom stereocenters. The van der Waals surface area contributed by atoms with Gasteiger partial charge in [0.15, 0.2) is 0 Å². The van der Waals surface area contributed by atoms with Crippen LogP contribution in [-0.2, 0) is 17.6 Å². The van der Waals surface area contributed by atoms with Crippen molar-refractivity contribution in [1.29, 1.82) is 0 Å². The first-order valence-corrected chi connectivity index (χ1v) is 9.86. The number of benzene rings is 2. The maximum Gasteiger partial charge on any atom is 0.253 e. The van der Waals surface area contributed by atoms with Crippen LogP contribution < -0.4 is 9.80 Å². The maximum absolute atomic E-state index is 13.1. The molecule has 0 bridgehead atoms. The van der Waals surface area contributed by atoms with Crippen molar-refractivity contribution in [3.05, 3.63) is 58.9 Å². The molecule has 0 atom stereocenters. The van der Waals surface area contributed by atoms with Crippen LogP contribution in [-0.4, -0.2) is 49.4 Å². The van der Waals surface area contributed by atoms with Crippen molar-refractivity contribution in [2.24, 2.45) is 0 Å². The molecular formula is C22H22FN3O2. The third-order valence-corrected chi connectivity index (χ3v) is 6.01. The summed E-state index contributed by atoms with van der Waals surface area (Å²) >= 11 is 0. The number of halogens is 1. The predicted octanol–water partition coefficient (Wildman–Crippen LogP) is 2.62. The van der Waals surface area contributed by atoms with Gasteiger partial charge in [0.2, 0.25) is 5.91 Å². The van der Waals surface area contributed by atoms with E-state index in [0.29, 0.717) is 25.1 Å². The third-order valence-electron chi connectivity index (χ3n) is 6.01. The molecule has 2 aromatic rings. The lowest BCUT2D eigenvalue weighted by Crippen LogP contribution is -2.48. The molecule has 0 radical (unpaired) electrons. The minimum absolute atomic E-state index is 0.0364. The molecule has 0 aromatic heterocycles. The van der Waals surface area contributed by atoms with Crippen LogP contribution in [0.1, 0.15) is 27.9 Å². The third kappa shape index (κ3) is 2.84. The molecule has 5 nitrogen and oxygen atoms in total. The number of carbonyl (C=O) groups excluding carboxylic acids is 2. The Hall–Kier alpha value is -2.89. The Morgan fingerprint density at radius 3 is 2.39 bits per heavy atom. The normalized spacial score (nSPS) is 18.5. The summed E-state index contributed by atoms with van der Waals surface area (Å²) in [4.78, 5) is 31.3. The van der Waals surface area contributed by atoms with Crippen LogP contribution in [0.5, 0.6) is 0 Å². The van der Waals surface area contributed by atoms with Crippen LogP contribution in [0.25, 0.3) is 0 Å². The molecule has 0 aliphatic carbocycles. The maximum atomic E-state index is 13.1. The number of rotatable bonds is 2. The van der Waals surface area contributed by atoms with Crippen molar-refractivity contribution in [3.8, 4) is 0 Å². The first kappa shape index (κ1) is 17.2. The van der Waals surface area contributed by atoms with Gasteiger partial charge >= 0.3 is 0 Å². The summed E-state index contributed by atoms with van der Waals surface area (Å²) in [6.45, 7) is 3.50. The molecule has 3 aliphatic heterocycles. The summed E-state index contributed by atoms with van der Waals surface area (Å²) in [5.74, 6) is -0.0575. The summed E-state index contributed by atoms with van der Waals surface area (Å²) in [6.07, 6.45) is 2.28. The van der Waals surface area contributed by atoms with E-state index < -0.39 is 0 Å². The molecule has 0 saturated carbocycles. The van der Waals surface area contributed by atoms with Gasteiger partial charge in [-0.3, -0.25) is 9.59 Å². The minimum Gasteiger partial charge on any atom is -0.368 e. The average Bonchev–Trinajstić information content (AvgIpc) is 3.05. The quantitative estimate of drug-likeness (QED) is 0.806. The lowest BCUT2D eigenvalue weighted by atomic mass is 9.96. The topological polar surface area (TPSA) is 43.9 Å². The van der Waals surface area contributed by atoms with Crippen LogP contribution in [0.2, 0.25) is 0 Å². The zero-order valence-electron chi connectivity index (χ0n) is 15.7. The molecule has 1 fully saturated rings. The van der Waals surface area contributed by atoms with Gasteiger partial charge in [0.25, 0.3) is 5.91 Å². The fourth-order valence-corrected chi connectivity index (χ4v) is 4.60. The number of carbonyl (C=O) groups is 2. The molecule has 0 spiro atoms. The van der Waals surface area contributed by atoms with Crippen LogP contribution in [0, 0.1) is 5.82 Å². The van der Waals surface area contributed by atoms with Gasteiger partial charge < -0.3 is 14.7 Å². The molecule has 3 aliphatic rings. The van der Waals surface area contributed by atoms with Crippen molar-refractivity contribution in [3.63, 3.8) is 0 Å². The molecule has 0 N–H and O–H groups in total. The number of hydrogen-bond donors (Lipinski definition) is 0. The molecule has 1 saturated heterocycles. The van der Waals surface area contributed by atoms with Crippen molar-refractivity contribution in [1.82, 2.24) is 4.90 Å². The predicted molar refractivity (Wildman–Crippen MR) is 105 cm³/mol. The van der Waals surface area contributed by atoms with Gasteiger partial charge in [-0.1, -0.05) is 0 Å².